The minimum Gasteiger partial charge on any atom is -0.378 e. The number of aryl methyl sites for hydroxylation is 1. The fourth-order valence-corrected chi connectivity index (χ4v) is 1.50. The largest absolute Gasteiger partial charge is 0.378 e. The summed E-state index contributed by atoms with van der Waals surface area (Å²) in [6, 6.07) is 6.12. The van der Waals surface area contributed by atoms with E-state index >= 15 is 0 Å². The lowest BCUT2D eigenvalue weighted by atomic mass is 10.3. The van der Waals surface area contributed by atoms with Gasteiger partial charge in [0.1, 0.15) is 5.82 Å². The molecule has 3 heteroatoms. The fourth-order valence-electron chi connectivity index (χ4n) is 1.50. The van der Waals surface area contributed by atoms with Crippen molar-refractivity contribution in [3.8, 4) is 0 Å². The quantitative estimate of drug-likeness (QED) is 0.708. The third-order valence-corrected chi connectivity index (χ3v) is 2.21. The van der Waals surface area contributed by atoms with Crippen molar-refractivity contribution in [2.45, 2.75) is 20.8 Å². The number of morpholine rings is 1. The Kier molecular flexibility index (Phi) is 5.12. The smallest absolute Gasteiger partial charge is 0.128 e. The molecule has 1 saturated heterocycles. The first-order chi connectivity index (χ1) is 7.36. The summed E-state index contributed by atoms with van der Waals surface area (Å²) in [5.74, 6) is 1.07. The lowest BCUT2D eigenvalue weighted by Crippen LogP contribution is -2.36. The van der Waals surface area contributed by atoms with Gasteiger partial charge in [-0.05, 0) is 19.1 Å². The van der Waals surface area contributed by atoms with Gasteiger partial charge in [0.2, 0.25) is 0 Å². The van der Waals surface area contributed by atoms with E-state index in [0.717, 1.165) is 37.8 Å². The van der Waals surface area contributed by atoms with Crippen molar-refractivity contribution in [3.63, 3.8) is 0 Å². The SMILES string of the molecule is CC.Cc1cccc(N2CCOCC2)n1. The molecule has 0 amide bonds. The van der Waals surface area contributed by atoms with Crippen LogP contribution in [0.15, 0.2) is 18.2 Å². The van der Waals surface area contributed by atoms with Gasteiger partial charge in [-0.2, -0.15) is 0 Å². The van der Waals surface area contributed by atoms with E-state index in [-0.39, 0.29) is 0 Å². The van der Waals surface area contributed by atoms with E-state index in [0.29, 0.717) is 0 Å². The maximum Gasteiger partial charge on any atom is 0.128 e. The molecular formula is C12H20N2O. The number of nitrogens with zero attached hydrogens (tertiary/aromatic N) is 2. The Morgan fingerprint density at radius 1 is 1.20 bits per heavy atom. The first-order valence-corrected chi connectivity index (χ1v) is 5.62. The molecule has 1 fully saturated rings. The summed E-state index contributed by atoms with van der Waals surface area (Å²) in [7, 11) is 0. The molecule has 0 radical (unpaired) electrons. The molecule has 2 heterocycles. The molecular weight excluding hydrogens is 188 g/mol. The van der Waals surface area contributed by atoms with Gasteiger partial charge in [0.15, 0.2) is 0 Å². The molecule has 0 bridgehead atoms. The van der Waals surface area contributed by atoms with Gasteiger partial charge in [-0.3, -0.25) is 0 Å². The summed E-state index contributed by atoms with van der Waals surface area (Å²) in [4.78, 5) is 6.73. The Hall–Kier alpha value is -1.09. The van der Waals surface area contributed by atoms with E-state index < -0.39 is 0 Å². The first kappa shape index (κ1) is 12.0. The van der Waals surface area contributed by atoms with E-state index in [2.05, 4.69) is 16.0 Å². The molecule has 3 nitrogen and oxygen atoms in total. The van der Waals surface area contributed by atoms with E-state index in [4.69, 9.17) is 4.74 Å². The van der Waals surface area contributed by atoms with Gasteiger partial charge < -0.3 is 9.64 Å². The topological polar surface area (TPSA) is 25.4 Å². The lowest BCUT2D eigenvalue weighted by Gasteiger charge is -2.27. The van der Waals surface area contributed by atoms with Gasteiger partial charge in [0, 0.05) is 18.8 Å². The maximum atomic E-state index is 5.28. The predicted octanol–water partition coefficient (Wildman–Crippen LogP) is 2.25. The Morgan fingerprint density at radius 2 is 1.87 bits per heavy atom. The van der Waals surface area contributed by atoms with Gasteiger partial charge >= 0.3 is 0 Å². The standard InChI is InChI=1S/C10H14N2O.C2H6/c1-9-3-2-4-10(11-9)12-5-7-13-8-6-12;1-2/h2-4H,5-8H2,1H3;1-2H3. The highest BCUT2D eigenvalue weighted by atomic mass is 16.5. The van der Waals surface area contributed by atoms with Crippen molar-refractivity contribution in [1.82, 2.24) is 4.98 Å². The van der Waals surface area contributed by atoms with Crippen LogP contribution in [0.1, 0.15) is 19.5 Å². The molecule has 0 aliphatic carbocycles. The summed E-state index contributed by atoms with van der Waals surface area (Å²) >= 11 is 0. The van der Waals surface area contributed by atoms with Gasteiger partial charge in [-0.15, -0.1) is 0 Å². The molecule has 1 aliphatic heterocycles. The van der Waals surface area contributed by atoms with Crippen LogP contribution < -0.4 is 4.90 Å². The Bertz CT molecular complexity index is 283. The van der Waals surface area contributed by atoms with Crippen molar-refractivity contribution in [3.05, 3.63) is 23.9 Å². The Labute approximate surface area is 92.1 Å². The van der Waals surface area contributed by atoms with Gasteiger partial charge in [0.05, 0.1) is 13.2 Å². The highest BCUT2D eigenvalue weighted by Crippen LogP contribution is 2.12. The molecule has 84 valence electrons. The Morgan fingerprint density at radius 3 is 2.47 bits per heavy atom. The average molecular weight is 208 g/mol. The lowest BCUT2D eigenvalue weighted by molar-refractivity contribution is 0.122. The molecule has 1 aliphatic rings. The molecule has 1 aromatic heterocycles. The molecule has 0 unspecified atom stereocenters. The van der Waals surface area contributed by atoms with Crippen LogP contribution >= 0.6 is 0 Å². The van der Waals surface area contributed by atoms with Gasteiger partial charge in [0.25, 0.3) is 0 Å². The van der Waals surface area contributed by atoms with Crippen molar-refractivity contribution >= 4 is 5.82 Å². The van der Waals surface area contributed by atoms with Crippen molar-refractivity contribution in [2.75, 3.05) is 31.2 Å². The Balaban J connectivity index is 0.000000531. The molecule has 0 atom stereocenters. The van der Waals surface area contributed by atoms with Crippen LogP contribution in [0.2, 0.25) is 0 Å². The molecule has 0 N–H and O–H groups in total. The zero-order valence-electron chi connectivity index (χ0n) is 9.86. The molecule has 2 rings (SSSR count). The van der Waals surface area contributed by atoms with Crippen LogP contribution in [0.25, 0.3) is 0 Å². The van der Waals surface area contributed by atoms with Crippen molar-refractivity contribution in [1.29, 1.82) is 0 Å². The highest BCUT2D eigenvalue weighted by Gasteiger charge is 2.11. The van der Waals surface area contributed by atoms with Crippen molar-refractivity contribution in [2.24, 2.45) is 0 Å². The van der Waals surface area contributed by atoms with Crippen LogP contribution in [0.3, 0.4) is 0 Å². The third kappa shape index (κ3) is 3.51. The van der Waals surface area contributed by atoms with Crippen LogP contribution in [-0.4, -0.2) is 31.3 Å². The summed E-state index contributed by atoms with van der Waals surface area (Å²) in [5.41, 5.74) is 1.07. The van der Waals surface area contributed by atoms with Gasteiger partial charge in [-0.1, -0.05) is 19.9 Å². The number of anilines is 1. The van der Waals surface area contributed by atoms with Crippen LogP contribution in [0.4, 0.5) is 5.82 Å². The third-order valence-electron chi connectivity index (χ3n) is 2.21. The summed E-state index contributed by atoms with van der Waals surface area (Å²) < 4.78 is 5.28. The van der Waals surface area contributed by atoms with Crippen LogP contribution in [-0.2, 0) is 4.74 Å². The molecule has 15 heavy (non-hydrogen) atoms. The molecule has 0 spiro atoms. The molecule has 1 aromatic rings. The zero-order valence-corrected chi connectivity index (χ0v) is 9.86. The van der Waals surface area contributed by atoms with E-state index in [1.807, 2.05) is 32.9 Å². The van der Waals surface area contributed by atoms with E-state index in [1.165, 1.54) is 0 Å². The normalized spacial score (nSPS) is 15.5. The number of hydrogen-bond donors (Lipinski definition) is 0. The number of pyridine rings is 1. The molecule has 0 aromatic carbocycles. The van der Waals surface area contributed by atoms with Crippen LogP contribution in [0.5, 0.6) is 0 Å². The summed E-state index contributed by atoms with van der Waals surface area (Å²) in [6.07, 6.45) is 0. The first-order valence-electron chi connectivity index (χ1n) is 5.62. The van der Waals surface area contributed by atoms with Crippen LogP contribution in [0, 0.1) is 6.92 Å². The summed E-state index contributed by atoms with van der Waals surface area (Å²) in [5, 5.41) is 0. The van der Waals surface area contributed by atoms with E-state index in [9.17, 15) is 0 Å². The minimum atomic E-state index is 0.815. The minimum absolute atomic E-state index is 0.815. The second kappa shape index (κ2) is 6.40. The second-order valence-electron chi connectivity index (χ2n) is 3.24. The monoisotopic (exact) mass is 208 g/mol. The van der Waals surface area contributed by atoms with E-state index in [1.54, 1.807) is 0 Å². The number of hydrogen-bond acceptors (Lipinski definition) is 3. The maximum absolute atomic E-state index is 5.28. The summed E-state index contributed by atoms with van der Waals surface area (Å²) in [6.45, 7) is 9.56. The fraction of sp³-hybridized carbons (Fsp3) is 0.583. The van der Waals surface area contributed by atoms with Gasteiger partial charge in [-0.25, -0.2) is 4.98 Å². The van der Waals surface area contributed by atoms with Crippen molar-refractivity contribution < 1.29 is 4.74 Å². The molecule has 0 saturated carbocycles. The number of aromatic nitrogens is 1. The number of ether oxygens (including phenoxy) is 1. The number of rotatable bonds is 1. The second-order valence-corrected chi connectivity index (χ2v) is 3.24. The average Bonchev–Trinajstić information content (AvgIpc) is 2.33. The highest BCUT2D eigenvalue weighted by molar-refractivity contribution is 5.39. The predicted molar refractivity (Wildman–Crippen MR) is 63.4 cm³/mol. The zero-order chi connectivity index (χ0) is 11.1.